The van der Waals surface area contributed by atoms with Crippen molar-refractivity contribution in [1.29, 1.82) is 0 Å². The second kappa shape index (κ2) is 6.72. The van der Waals surface area contributed by atoms with Crippen molar-refractivity contribution in [2.24, 2.45) is 0 Å². The van der Waals surface area contributed by atoms with Gasteiger partial charge in [0.05, 0.1) is 12.6 Å². The van der Waals surface area contributed by atoms with Gasteiger partial charge in [-0.2, -0.15) is 13.2 Å². The number of hydrogen-bond acceptors (Lipinski definition) is 4. The Hall–Kier alpha value is -0.870. The van der Waals surface area contributed by atoms with E-state index < -0.39 is 40.0 Å². The third-order valence-electron chi connectivity index (χ3n) is 2.77. The van der Waals surface area contributed by atoms with E-state index in [1.54, 1.807) is 11.6 Å². The van der Waals surface area contributed by atoms with Crippen LogP contribution in [0, 0.1) is 0 Å². The highest BCUT2D eigenvalue weighted by Crippen LogP contribution is 2.33. The molecule has 6 nitrogen and oxygen atoms in total. The van der Waals surface area contributed by atoms with E-state index in [0.29, 0.717) is 6.42 Å². The first-order valence-electron chi connectivity index (χ1n) is 6.12. The topological polar surface area (TPSA) is 84.5 Å². The summed E-state index contributed by atoms with van der Waals surface area (Å²) in [5, 5.41) is -0.373. The van der Waals surface area contributed by atoms with Crippen LogP contribution < -0.4 is 10.0 Å². The summed E-state index contributed by atoms with van der Waals surface area (Å²) in [6, 6.07) is 0. The molecule has 2 N–H and O–H groups in total. The number of nitrogens with one attached hydrogen (secondary N) is 2. The van der Waals surface area contributed by atoms with Gasteiger partial charge in [0, 0.05) is 13.2 Å². The fourth-order valence-corrected chi connectivity index (χ4v) is 3.42. The first-order chi connectivity index (χ1) is 9.18. The Morgan fingerprint density at radius 3 is 2.55 bits per heavy atom. The molecular formula is C10H17F3N2O4S. The van der Waals surface area contributed by atoms with Gasteiger partial charge in [0.25, 0.3) is 0 Å². The van der Waals surface area contributed by atoms with Crippen molar-refractivity contribution >= 4 is 15.9 Å². The number of carbonyl (C=O) groups is 1. The molecule has 1 aliphatic heterocycles. The molecule has 1 heterocycles. The summed E-state index contributed by atoms with van der Waals surface area (Å²) in [5.74, 6) is -0.690. The minimum Gasteiger partial charge on any atom is -0.376 e. The standard InChI is InChI=1S/C10H17F3N2O4S/c1-2-14-8(16)6-15-20(17,18)9(10(11,12)13)7-4-3-5-19-7/h7,9,15H,2-6H2,1H3,(H,14,16)/t7-,9-/m0/s1. The maximum atomic E-state index is 12.9. The summed E-state index contributed by atoms with van der Waals surface area (Å²) in [5.41, 5.74) is 0. The summed E-state index contributed by atoms with van der Waals surface area (Å²) in [6.45, 7) is 1.24. The normalized spacial score (nSPS) is 21.7. The van der Waals surface area contributed by atoms with Crippen LogP contribution in [0.3, 0.4) is 0 Å². The smallest absolute Gasteiger partial charge is 0.376 e. The SMILES string of the molecule is CCNC(=O)CNS(=O)(=O)[C@@H]([C@@H]1CCCO1)C(F)(F)F. The van der Waals surface area contributed by atoms with Crippen LogP contribution in [0.1, 0.15) is 19.8 Å². The molecule has 0 aromatic rings. The summed E-state index contributed by atoms with van der Waals surface area (Å²) < 4.78 is 68.9. The molecule has 1 saturated heterocycles. The van der Waals surface area contributed by atoms with E-state index in [4.69, 9.17) is 4.74 Å². The molecule has 1 rings (SSSR count). The summed E-state index contributed by atoms with van der Waals surface area (Å²) in [4.78, 5) is 11.1. The van der Waals surface area contributed by atoms with Crippen LogP contribution in [-0.2, 0) is 19.6 Å². The van der Waals surface area contributed by atoms with Crippen LogP contribution in [0.2, 0.25) is 0 Å². The van der Waals surface area contributed by atoms with Crippen molar-refractivity contribution in [2.45, 2.75) is 37.3 Å². The third kappa shape index (κ3) is 4.60. The van der Waals surface area contributed by atoms with Crippen molar-refractivity contribution in [2.75, 3.05) is 19.7 Å². The Bertz CT molecular complexity index is 432. The quantitative estimate of drug-likeness (QED) is 0.730. The average molecular weight is 318 g/mol. The van der Waals surface area contributed by atoms with E-state index in [2.05, 4.69) is 5.32 Å². The van der Waals surface area contributed by atoms with Gasteiger partial charge < -0.3 is 10.1 Å². The molecule has 0 aliphatic carbocycles. The Morgan fingerprint density at radius 1 is 1.45 bits per heavy atom. The molecular weight excluding hydrogens is 301 g/mol. The first-order valence-corrected chi connectivity index (χ1v) is 7.66. The lowest BCUT2D eigenvalue weighted by Gasteiger charge is -2.25. The largest absolute Gasteiger partial charge is 0.409 e. The Morgan fingerprint density at radius 2 is 2.10 bits per heavy atom. The predicted molar refractivity (Wildman–Crippen MR) is 64.4 cm³/mol. The zero-order valence-corrected chi connectivity index (χ0v) is 11.7. The van der Waals surface area contributed by atoms with Crippen LogP contribution in [0.4, 0.5) is 13.2 Å². The zero-order chi connectivity index (χ0) is 15.4. The second-order valence-electron chi connectivity index (χ2n) is 4.33. The highest BCUT2D eigenvalue weighted by molar-refractivity contribution is 7.90. The minimum absolute atomic E-state index is 0.0201. The van der Waals surface area contributed by atoms with Crippen LogP contribution in [0.15, 0.2) is 0 Å². The summed E-state index contributed by atoms with van der Waals surface area (Å²) >= 11 is 0. The minimum atomic E-state index is -4.96. The lowest BCUT2D eigenvalue weighted by Crippen LogP contribution is -2.52. The van der Waals surface area contributed by atoms with Gasteiger partial charge in [-0.15, -0.1) is 0 Å². The van der Waals surface area contributed by atoms with Crippen molar-refractivity contribution in [3.8, 4) is 0 Å². The lowest BCUT2D eigenvalue weighted by atomic mass is 10.2. The van der Waals surface area contributed by atoms with Crippen LogP contribution in [-0.4, -0.2) is 51.6 Å². The third-order valence-corrected chi connectivity index (χ3v) is 4.55. The number of sulfonamides is 1. The van der Waals surface area contributed by atoms with Crippen molar-refractivity contribution in [3.63, 3.8) is 0 Å². The van der Waals surface area contributed by atoms with Gasteiger partial charge >= 0.3 is 6.18 Å². The highest BCUT2D eigenvalue weighted by Gasteiger charge is 2.54. The van der Waals surface area contributed by atoms with E-state index in [1.807, 2.05) is 0 Å². The molecule has 0 saturated carbocycles. The molecule has 0 unspecified atom stereocenters. The molecule has 0 spiro atoms. The summed E-state index contributed by atoms with van der Waals surface area (Å²) in [6.07, 6.45) is -5.99. The molecule has 0 bridgehead atoms. The molecule has 1 amide bonds. The molecule has 0 aromatic carbocycles. The number of hydrogen-bond donors (Lipinski definition) is 2. The highest BCUT2D eigenvalue weighted by atomic mass is 32.2. The van der Waals surface area contributed by atoms with Crippen molar-refractivity contribution in [3.05, 3.63) is 0 Å². The molecule has 1 aliphatic rings. The van der Waals surface area contributed by atoms with E-state index in [1.165, 1.54) is 0 Å². The molecule has 0 aromatic heterocycles. The molecule has 1 fully saturated rings. The van der Waals surface area contributed by atoms with Crippen LogP contribution >= 0.6 is 0 Å². The van der Waals surface area contributed by atoms with Crippen LogP contribution in [0.5, 0.6) is 0 Å². The van der Waals surface area contributed by atoms with Crippen molar-refractivity contribution in [1.82, 2.24) is 10.0 Å². The number of carbonyl (C=O) groups excluding carboxylic acids is 1. The molecule has 2 atom stereocenters. The van der Waals surface area contributed by atoms with Gasteiger partial charge in [-0.1, -0.05) is 0 Å². The van der Waals surface area contributed by atoms with Gasteiger partial charge in [-0.25, -0.2) is 13.1 Å². The number of halogens is 3. The molecule has 118 valence electrons. The second-order valence-corrected chi connectivity index (χ2v) is 6.22. The van der Waals surface area contributed by atoms with Gasteiger partial charge in [0.2, 0.25) is 15.9 Å². The number of rotatable bonds is 6. The maximum absolute atomic E-state index is 12.9. The molecule has 0 radical (unpaired) electrons. The molecule has 10 heteroatoms. The van der Waals surface area contributed by atoms with E-state index in [-0.39, 0.29) is 19.6 Å². The predicted octanol–water partition coefficient (Wildman–Crippen LogP) is 0.152. The Labute approximate surface area is 115 Å². The van der Waals surface area contributed by atoms with E-state index >= 15 is 0 Å². The Balaban J connectivity index is 2.80. The van der Waals surface area contributed by atoms with E-state index in [9.17, 15) is 26.4 Å². The monoisotopic (exact) mass is 318 g/mol. The van der Waals surface area contributed by atoms with Gasteiger partial charge in [-0.3, -0.25) is 4.79 Å². The Kier molecular flexibility index (Phi) is 5.78. The van der Waals surface area contributed by atoms with Gasteiger partial charge in [0.15, 0.2) is 5.25 Å². The van der Waals surface area contributed by atoms with Gasteiger partial charge in [-0.05, 0) is 19.8 Å². The first kappa shape index (κ1) is 17.2. The lowest BCUT2D eigenvalue weighted by molar-refractivity contribution is -0.150. The number of amides is 1. The number of ether oxygens (including phenoxy) is 1. The zero-order valence-electron chi connectivity index (χ0n) is 10.9. The van der Waals surface area contributed by atoms with Crippen LogP contribution in [0.25, 0.3) is 0 Å². The molecule has 20 heavy (non-hydrogen) atoms. The summed E-state index contributed by atoms with van der Waals surface area (Å²) in [7, 11) is -4.74. The number of likely N-dealkylation sites (N-methyl/N-ethyl adjacent to an activating group) is 1. The van der Waals surface area contributed by atoms with Crippen molar-refractivity contribution < 1.29 is 31.1 Å². The number of alkyl halides is 3. The average Bonchev–Trinajstić information content (AvgIpc) is 2.78. The fraction of sp³-hybridized carbons (Fsp3) is 0.900. The fourth-order valence-electron chi connectivity index (χ4n) is 1.94. The van der Waals surface area contributed by atoms with E-state index in [0.717, 1.165) is 0 Å². The maximum Gasteiger partial charge on any atom is 0.409 e. The van der Waals surface area contributed by atoms with Gasteiger partial charge in [0.1, 0.15) is 0 Å².